The largest absolute Gasteiger partial charge is 0.357 e. The van der Waals surface area contributed by atoms with Crippen molar-refractivity contribution in [1.29, 1.82) is 5.26 Å². The molecule has 1 aromatic rings. The zero-order chi connectivity index (χ0) is 26.8. The third kappa shape index (κ3) is 7.26. The number of pyridine rings is 1. The zero-order valence-corrected chi connectivity index (χ0v) is 24.4. The quantitative estimate of drug-likeness (QED) is 0.165. The summed E-state index contributed by atoms with van der Waals surface area (Å²) in [6.07, 6.45) is 15.2. The Balaban J connectivity index is 1.99. The molecule has 2 aliphatic rings. The van der Waals surface area contributed by atoms with Gasteiger partial charge in [-0.2, -0.15) is 5.26 Å². The number of anilines is 1. The number of carbonyl (C=O) groups excluding carboxylic acids is 1. The molecule has 0 unspecified atom stereocenters. The van der Waals surface area contributed by atoms with Crippen LogP contribution >= 0.6 is 24.0 Å². The van der Waals surface area contributed by atoms with Crippen LogP contribution in [-0.4, -0.2) is 39.3 Å². The van der Waals surface area contributed by atoms with Crippen molar-refractivity contribution in [3.63, 3.8) is 0 Å². The molecule has 0 atom stereocenters. The summed E-state index contributed by atoms with van der Waals surface area (Å²) in [5.74, 6) is 0.799. The fourth-order valence-corrected chi connectivity index (χ4v) is 6.46. The van der Waals surface area contributed by atoms with Crippen LogP contribution in [-0.2, 0) is 11.3 Å². The molecule has 0 bridgehead atoms. The van der Waals surface area contributed by atoms with Crippen LogP contribution in [0.2, 0.25) is 0 Å². The topological polar surface area (TPSA) is 69.3 Å². The van der Waals surface area contributed by atoms with Crippen molar-refractivity contribution in [2.45, 2.75) is 104 Å². The Morgan fingerprint density at radius 2 is 1.59 bits per heavy atom. The highest BCUT2D eigenvalue weighted by molar-refractivity contribution is 8.26. The Bertz CT molecular complexity index is 1090. The Kier molecular flexibility index (Phi) is 11.7. The summed E-state index contributed by atoms with van der Waals surface area (Å²) in [7, 11) is 0. The van der Waals surface area contributed by atoms with Crippen molar-refractivity contribution < 1.29 is 4.79 Å². The number of rotatable bonds is 12. The van der Waals surface area contributed by atoms with Crippen LogP contribution in [0, 0.1) is 18.3 Å². The summed E-state index contributed by atoms with van der Waals surface area (Å²) in [4.78, 5) is 31.5. The zero-order valence-electron chi connectivity index (χ0n) is 22.8. The Labute approximate surface area is 232 Å². The summed E-state index contributed by atoms with van der Waals surface area (Å²) in [5, 5.41) is 9.89. The van der Waals surface area contributed by atoms with Crippen molar-refractivity contribution in [3.8, 4) is 6.07 Å². The molecule has 0 N–H and O–H groups in total. The van der Waals surface area contributed by atoms with Crippen molar-refractivity contribution in [3.05, 3.63) is 31.9 Å². The summed E-state index contributed by atoms with van der Waals surface area (Å²) in [5.41, 5.74) is 1.42. The summed E-state index contributed by atoms with van der Waals surface area (Å²) in [6.45, 7) is 9.11. The lowest BCUT2D eigenvalue weighted by atomic mass is 10.0. The molecule has 0 aliphatic carbocycles. The van der Waals surface area contributed by atoms with Gasteiger partial charge in [0.1, 0.15) is 21.8 Å². The van der Waals surface area contributed by atoms with Gasteiger partial charge in [-0.05, 0) is 44.2 Å². The van der Waals surface area contributed by atoms with E-state index in [1.54, 1.807) is 9.47 Å². The van der Waals surface area contributed by atoms with E-state index in [2.05, 4.69) is 24.8 Å². The summed E-state index contributed by atoms with van der Waals surface area (Å²) < 4.78 is 2.39. The molecule has 6 nitrogen and oxygen atoms in total. The molecule has 0 aromatic carbocycles. The second kappa shape index (κ2) is 14.7. The number of thiocarbonyl (C=S) groups is 1. The minimum Gasteiger partial charge on any atom is -0.357 e. The molecular weight excluding hydrogens is 500 g/mol. The van der Waals surface area contributed by atoms with E-state index in [-0.39, 0.29) is 17.0 Å². The maximum Gasteiger partial charge on any atom is 0.270 e. The fraction of sp³-hybridized carbons (Fsp3) is 0.655. The number of thioether (sulfide) groups is 1. The van der Waals surface area contributed by atoms with Gasteiger partial charge in [-0.1, -0.05) is 89.2 Å². The lowest BCUT2D eigenvalue weighted by Gasteiger charge is -2.29. The average molecular weight is 543 g/mol. The number of unbranched alkanes of at least 4 members (excludes halogenated alkanes) is 6. The predicted octanol–water partition coefficient (Wildman–Crippen LogP) is 6.77. The molecule has 37 heavy (non-hydrogen) atoms. The van der Waals surface area contributed by atoms with Crippen LogP contribution in [0.1, 0.15) is 108 Å². The van der Waals surface area contributed by atoms with Crippen molar-refractivity contribution in [2.75, 3.05) is 24.5 Å². The van der Waals surface area contributed by atoms with E-state index in [4.69, 9.17) is 12.2 Å². The summed E-state index contributed by atoms with van der Waals surface area (Å²) >= 11 is 6.94. The number of aromatic nitrogens is 1. The van der Waals surface area contributed by atoms with Gasteiger partial charge in [0.15, 0.2) is 0 Å². The van der Waals surface area contributed by atoms with Crippen LogP contribution in [0.25, 0.3) is 6.08 Å². The minimum atomic E-state index is -0.222. The molecule has 2 fully saturated rings. The maximum atomic E-state index is 13.4. The number of nitriles is 1. The predicted molar refractivity (Wildman–Crippen MR) is 159 cm³/mol. The average Bonchev–Trinajstić information content (AvgIpc) is 3.05. The second-order valence-electron chi connectivity index (χ2n) is 10.2. The molecule has 0 radical (unpaired) electrons. The second-order valence-corrected chi connectivity index (χ2v) is 11.8. The van der Waals surface area contributed by atoms with Gasteiger partial charge in [-0.3, -0.25) is 19.1 Å². The molecule has 2 saturated heterocycles. The first-order valence-corrected chi connectivity index (χ1v) is 15.3. The monoisotopic (exact) mass is 542 g/mol. The van der Waals surface area contributed by atoms with Crippen LogP contribution in [0.4, 0.5) is 5.82 Å². The number of hydrogen-bond acceptors (Lipinski definition) is 6. The van der Waals surface area contributed by atoms with E-state index in [0.717, 1.165) is 63.0 Å². The van der Waals surface area contributed by atoms with Crippen LogP contribution in [0.5, 0.6) is 0 Å². The van der Waals surface area contributed by atoms with Gasteiger partial charge in [0.2, 0.25) is 0 Å². The lowest BCUT2D eigenvalue weighted by Crippen LogP contribution is -2.35. The molecule has 1 aromatic heterocycles. The molecule has 3 heterocycles. The summed E-state index contributed by atoms with van der Waals surface area (Å²) in [6, 6.07) is 2.16. The van der Waals surface area contributed by atoms with Crippen molar-refractivity contribution >= 4 is 46.1 Å². The number of carbonyl (C=O) groups is 1. The fourth-order valence-electron chi connectivity index (χ4n) is 5.17. The van der Waals surface area contributed by atoms with E-state index in [0.29, 0.717) is 27.9 Å². The van der Waals surface area contributed by atoms with Gasteiger partial charge >= 0.3 is 0 Å². The van der Waals surface area contributed by atoms with Crippen LogP contribution in [0.15, 0.2) is 9.70 Å². The molecule has 1 amide bonds. The van der Waals surface area contributed by atoms with Gasteiger partial charge < -0.3 is 4.90 Å². The van der Waals surface area contributed by atoms with Gasteiger partial charge in [0.05, 0.1) is 4.91 Å². The van der Waals surface area contributed by atoms with Crippen LogP contribution < -0.4 is 10.5 Å². The number of amides is 1. The van der Waals surface area contributed by atoms with Gasteiger partial charge in [-0.15, -0.1) is 0 Å². The first kappa shape index (κ1) is 29.4. The Morgan fingerprint density at radius 1 is 0.946 bits per heavy atom. The highest BCUT2D eigenvalue weighted by Gasteiger charge is 2.33. The molecule has 202 valence electrons. The SMILES string of the molecule is CCCCCCCCN1C(=O)/C(=C\c2c(C)c(C#N)c(=O)n(CCCC)c2N2CCCCCC2)SC1=S. The van der Waals surface area contributed by atoms with E-state index in [1.165, 1.54) is 50.3 Å². The normalized spacial score (nSPS) is 17.5. The van der Waals surface area contributed by atoms with E-state index >= 15 is 0 Å². The third-order valence-electron chi connectivity index (χ3n) is 7.37. The highest BCUT2D eigenvalue weighted by Crippen LogP contribution is 2.36. The van der Waals surface area contributed by atoms with E-state index in [1.807, 2.05) is 13.0 Å². The molecule has 2 aliphatic heterocycles. The maximum absolute atomic E-state index is 13.4. The van der Waals surface area contributed by atoms with Gasteiger partial charge in [-0.25, -0.2) is 0 Å². The molecule has 8 heteroatoms. The molecule has 0 spiro atoms. The number of hydrogen-bond donors (Lipinski definition) is 0. The Morgan fingerprint density at radius 3 is 2.24 bits per heavy atom. The Hall–Kier alpha value is -2.11. The highest BCUT2D eigenvalue weighted by atomic mass is 32.2. The minimum absolute atomic E-state index is 0.0606. The van der Waals surface area contributed by atoms with Crippen molar-refractivity contribution in [1.82, 2.24) is 9.47 Å². The van der Waals surface area contributed by atoms with Crippen LogP contribution in [0.3, 0.4) is 0 Å². The lowest BCUT2D eigenvalue weighted by molar-refractivity contribution is -0.122. The van der Waals surface area contributed by atoms with E-state index in [9.17, 15) is 14.9 Å². The molecular formula is C29H42N4O2S2. The van der Waals surface area contributed by atoms with Gasteiger partial charge in [0.25, 0.3) is 11.5 Å². The van der Waals surface area contributed by atoms with Gasteiger partial charge in [0, 0.05) is 31.7 Å². The standard InChI is InChI=1S/C29H42N4O2S2/c1-4-6-8-9-10-15-19-33-28(35)25(37-29(33)36)20-23-22(3)24(21-30)27(34)32(18-7-5-2)26(23)31-16-13-11-12-14-17-31/h20H,4-19H2,1-3H3/b25-20+. The van der Waals surface area contributed by atoms with E-state index < -0.39 is 0 Å². The molecule has 3 rings (SSSR count). The first-order valence-electron chi connectivity index (χ1n) is 14.1. The third-order valence-corrected chi connectivity index (χ3v) is 8.75. The first-order chi connectivity index (χ1) is 17.9. The van der Waals surface area contributed by atoms with Crippen molar-refractivity contribution in [2.24, 2.45) is 0 Å². The smallest absolute Gasteiger partial charge is 0.270 e. The molecule has 0 saturated carbocycles. The number of nitrogens with zero attached hydrogens (tertiary/aromatic N) is 4.